The highest BCUT2D eigenvalue weighted by Crippen LogP contribution is 2.57. The summed E-state index contributed by atoms with van der Waals surface area (Å²) in [4.78, 5) is 13.8. The highest BCUT2D eigenvalue weighted by molar-refractivity contribution is 5.83. The average molecular weight is 418 g/mol. The molecule has 2 N–H and O–H groups in total. The van der Waals surface area contributed by atoms with Crippen molar-refractivity contribution in [2.45, 2.75) is 76.0 Å². The van der Waals surface area contributed by atoms with E-state index in [1.807, 2.05) is 6.07 Å². The van der Waals surface area contributed by atoms with E-state index in [1.54, 1.807) is 6.07 Å². The molecule has 0 aromatic heterocycles. The van der Waals surface area contributed by atoms with Gasteiger partial charge in [-0.3, -0.25) is 4.79 Å². The molecular formula is C28H35NO2. The van der Waals surface area contributed by atoms with E-state index < -0.39 is 0 Å². The molecule has 2 saturated carbocycles. The summed E-state index contributed by atoms with van der Waals surface area (Å²) in [6.07, 6.45) is 8.67. The van der Waals surface area contributed by atoms with E-state index in [2.05, 4.69) is 55.6 Å². The first-order valence-electron chi connectivity index (χ1n) is 12.0. The van der Waals surface area contributed by atoms with Crippen LogP contribution >= 0.6 is 0 Å². The summed E-state index contributed by atoms with van der Waals surface area (Å²) in [5.41, 5.74) is 3.67. The van der Waals surface area contributed by atoms with Crippen LogP contribution in [-0.4, -0.2) is 17.6 Å². The van der Waals surface area contributed by atoms with E-state index in [-0.39, 0.29) is 22.2 Å². The van der Waals surface area contributed by atoms with Gasteiger partial charge in [0.1, 0.15) is 5.75 Å². The van der Waals surface area contributed by atoms with Gasteiger partial charge in [0, 0.05) is 12.0 Å². The van der Waals surface area contributed by atoms with Gasteiger partial charge >= 0.3 is 0 Å². The molecule has 3 aliphatic carbocycles. The Morgan fingerprint density at radius 1 is 1.03 bits per heavy atom. The van der Waals surface area contributed by atoms with Crippen LogP contribution < -0.4 is 5.32 Å². The van der Waals surface area contributed by atoms with Gasteiger partial charge in [0.15, 0.2) is 0 Å². The van der Waals surface area contributed by atoms with Gasteiger partial charge < -0.3 is 10.4 Å². The number of amides is 1. The molecular weight excluding hydrogens is 382 g/mol. The Balaban J connectivity index is 1.39. The number of nitrogens with one attached hydrogen (secondary N) is 1. The lowest BCUT2D eigenvalue weighted by molar-refractivity contribution is -0.139. The largest absolute Gasteiger partial charge is 0.508 e. The molecule has 0 saturated heterocycles. The van der Waals surface area contributed by atoms with Gasteiger partial charge in [-0.2, -0.15) is 0 Å². The molecule has 1 amide bonds. The van der Waals surface area contributed by atoms with Gasteiger partial charge in [-0.15, -0.1) is 0 Å². The van der Waals surface area contributed by atoms with E-state index in [9.17, 15) is 9.90 Å². The van der Waals surface area contributed by atoms with Gasteiger partial charge in [-0.25, -0.2) is 0 Å². The lowest BCUT2D eigenvalue weighted by atomic mass is 9.49. The topological polar surface area (TPSA) is 49.3 Å². The van der Waals surface area contributed by atoms with Crippen LogP contribution in [0, 0.1) is 11.3 Å². The third kappa shape index (κ3) is 3.20. The van der Waals surface area contributed by atoms with E-state index in [0.717, 1.165) is 51.5 Å². The molecule has 5 rings (SSSR count). The number of rotatable bonds is 4. The third-order valence-electron chi connectivity index (χ3n) is 9.14. The molecule has 3 aliphatic rings. The lowest BCUT2D eigenvalue weighted by Crippen LogP contribution is -2.57. The van der Waals surface area contributed by atoms with Crippen LogP contribution in [-0.2, 0) is 22.0 Å². The summed E-state index contributed by atoms with van der Waals surface area (Å²) in [5, 5.41) is 13.6. The summed E-state index contributed by atoms with van der Waals surface area (Å²) in [5.74, 6) is 0.874. The molecule has 31 heavy (non-hydrogen) atoms. The van der Waals surface area contributed by atoms with Gasteiger partial charge in [-0.05, 0) is 78.7 Å². The summed E-state index contributed by atoms with van der Waals surface area (Å²) >= 11 is 0. The molecule has 3 atom stereocenters. The van der Waals surface area contributed by atoms with Crippen LogP contribution in [0.15, 0.2) is 48.5 Å². The van der Waals surface area contributed by atoms with Gasteiger partial charge in [-0.1, -0.05) is 63.1 Å². The Labute approximate surface area is 186 Å². The van der Waals surface area contributed by atoms with Crippen molar-refractivity contribution in [1.82, 2.24) is 5.32 Å². The zero-order valence-corrected chi connectivity index (χ0v) is 18.9. The van der Waals surface area contributed by atoms with E-state index in [1.165, 1.54) is 23.1 Å². The second-order valence-electron chi connectivity index (χ2n) is 10.8. The molecule has 2 aromatic carbocycles. The number of carbonyl (C=O) groups is 1. The summed E-state index contributed by atoms with van der Waals surface area (Å²) in [6, 6.07) is 16.6. The lowest BCUT2D eigenvalue weighted by Gasteiger charge is -2.55. The van der Waals surface area contributed by atoms with Gasteiger partial charge in [0.25, 0.3) is 0 Å². The maximum absolute atomic E-state index is 13.8. The van der Waals surface area contributed by atoms with Crippen molar-refractivity contribution < 1.29 is 9.90 Å². The zero-order valence-electron chi connectivity index (χ0n) is 18.9. The fourth-order valence-corrected chi connectivity index (χ4v) is 7.13. The molecule has 0 spiro atoms. The van der Waals surface area contributed by atoms with Crippen LogP contribution in [0.1, 0.15) is 75.5 Å². The molecule has 0 radical (unpaired) electrons. The first-order chi connectivity index (χ1) is 14.9. The fourth-order valence-electron chi connectivity index (χ4n) is 7.13. The number of aromatic hydroxyl groups is 1. The maximum Gasteiger partial charge on any atom is 0.226 e. The Kier molecular flexibility index (Phi) is 4.91. The van der Waals surface area contributed by atoms with Crippen molar-refractivity contribution in [3.63, 3.8) is 0 Å². The van der Waals surface area contributed by atoms with E-state index in [0.29, 0.717) is 11.7 Å². The smallest absolute Gasteiger partial charge is 0.226 e. The predicted octanol–water partition coefficient (Wildman–Crippen LogP) is 5.64. The van der Waals surface area contributed by atoms with Crippen LogP contribution in [0.2, 0.25) is 0 Å². The van der Waals surface area contributed by atoms with Gasteiger partial charge in [0.2, 0.25) is 5.91 Å². The SMILES string of the molecule is C[C@@]1(C(=O)NCC2(c3ccccc3)CCC2)CCC[C@]2(C)c3cc(O)ccc3CC[C@@H]12. The molecule has 3 heteroatoms. The van der Waals surface area contributed by atoms with Crippen LogP contribution in [0.3, 0.4) is 0 Å². The molecule has 0 aliphatic heterocycles. The molecule has 0 unspecified atom stereocenters. The number of phenols is 1. The number of carbonyl (C=O) groups excluding carboxylic acids is 1. The minimum atomic E-state index is -0.363. The highest BCUT2D eigenvalue weighted by Gasteiger charge is 2.55. The molecule has 164 valence electrons. The Hall–Kier alpha value is -2.29. The van der Waals surface area contributed by atoms with Crippen molar-refractivity contribution in [2.75, 3.05) is 6.54 Å². The standard InChI is InChI=1S/C28H35NO2/c1-26-14-6-15-27(2,24(26)13-11-20-10-12-22(30)18-23(20)26)25(31)29-19-28(16-7-17-28)21-8-4-3-5-9-21/h3-5,8-10,12,18,24,30H,6-7,11,13-17,19H2,1-2H3,(H,29,31)/t24-,26-,27-/m1/s1. The van der Waals surface area contributed by atoms with Crippen molar-refractivity contribution in [3.05, 3.63) is 65.2 Å². The Morgan fingerprint density at radius 2 is 1.77 bits per heavy atom. The Bertz CT molecular complexity index is 980. The molecule has 2 fully saturated rings. The van der Waals surface area contributed by atoms with E-state index >= 15 is 0 Å². The number of aryl methyl sites for hydroxylation is 1. The zero-order chi connectivity index (χ0) is 21.7. The van der Waals surface area contributed by atoms with Crippen molar-refractivity contribution in [2.24, 2.45) is 11.3 Å². The number of fused-ring (bicyclic) bond motifs is 3. The second kappa shape index (κ2) is 7.39. The summed E-state index contributed by atoms with van der Waals surface area (Å²) in [7, 11) is 0. The monoisotopic (exact) mass is 417 g/mol. The van der Waals surface area contributed by atoms with Crippen molar-refractivity contribution in [1.29, 1.82) is 0 Å². The summed E-state index contributed by atoms with van der Waals surface area (Å²) < 4.78 is 0. The first-order valence-corrected chi connectivity index (χ1v) is 12.0. The quantitative estimate of drug-likeness (QED) is 0.676. The number of hydrogen-bond acceptors (Lipinski definition) is 2. The first kappa shape index (κ1) is 20.6. The van der Waals surface area contributed by atoms with Crippen LogP contribution in [0.4, 0.5) is 0 Å². The van der Waals surface area contributed by atoms with Crippen LogP contribution in [0.25, 0.3) is 0 Å². The van der Waals surface area contributed by atoms with Gasteiger partial charge in [0.05, 0.1) is 5.41 Å². The second-order valence-corrected chi connectivity index (χ2v) is 10.8. The van der Waals surface area contributed by atoms with Crippen molar-refractivity contribution in [3.8, 4) is 5.75 Å². The molecule has 0 heterocycles. The van der Waals surface area contributed by atoms with E-state index in [4.69, 9.17) is 0 Å². The summed E-state index contributed by atoms with van der Waals surface area (Å²) in [6.45, 7) is 5.28. The predicted molar refractivity (Wildman–Crippen MR) is 124 cm³/mol. The maximum atomic E-state index is 13.8. The average Bonchev–Trinajstić information content (AvgIpc) is 2.74. The van der Waals surface area contributed by atoms with Crippen molar-refractivity contribution >= 4 is 5.91 Å². The normalized spacial score (nSPS) is 31.1. The molecule has 0 bridgehead atoms. The van der Waals surface area contributed by atoms with Crippen LogP contribution in [0.5, 0.6) is 5.75 Å². The number of hydrogen-bond donors (Lipinski definition) is 2. The third-order valence-corrected chi connectivity index (χ3v) is 9.14. The Morgan fingerprint density at radius 3 is 2.48 bits per heavy atom. The highest BCUT2D eigenvalue weighted by atomic mass is 16.3. The fraction of sp³-hybridized carbons (Fsp3) is 0.536. The molecule has 3 nitrogen and oxygen atoms in total. The molecule has 2 aromatic rings. The number of phenolic OH excluding ortho intramolecular Hbond substituents is 1. The number of benzene rings is 2. The minimum absolute atomic E-state index is 0.0513. The minimum Gasteiger partial charge on any atom is -0.508 e.